The number of furan rings is 1. The lowest BCUT2D eigenvalue weighted by molar-refractivity contribution is -0.126. The molecule has 0 saturated carbocycles. The van der Waals surface area contributed by atoms with Gasteiger partial charge in [-0.15, -0.1) is 10.2 Å². The Kier molecular flexibility index (Phi) is 6.60. The van der Waals surface area contributed by atoms with Gasteiger partial charge in [0.05, 0.1) is 30.7 Å². The standard InChI is InChI=1S/C25H32N6O2S/c1-24(2,3)34-23-30-29-21(31(23)14-16-10-11-33-15-16)20(28-22(32)25(4,5)26)12-17-13-27-19-9-7-6-8-18(17)19/h6-11,13,15,20,27H,12,14,26H2,1-5H3,(H,28,32). The maximum Gasteiger partial charge on any atom is 0.240 e. The molecule has 8 nitrogen and oxygen atoms in total. The van der Waals surface area contributed by atoms with Crippen molar-refractivity contribution in [2.24, 2.45) is 5.73 Å². The molecule has 1 atom stereocenters. The fraction of sp³-hybridized carbons (Fsp3) is 0.400. The second-order valence-electron chi connectivity index (χ2n) is 10.1. The molecule has 0 spiro atoms. The lowest BCUT2D eigenvalue weighted by Gasteiger charge is -2.25. The molecule has 4 rings (SSSR count). The number of H-pyrrole nitrogens is 1. The number of amides is 1. The Morgan fingerprint density at radius 2 is 1.97 bits per heavy atom. The molecule has 0 saturated heterocycles. The summed E-state index contributed by atoms with van der Waals surface area (Å²) in [6.45, 7) is 10.3. The van der Waals surface area contributed by atoms with Gasteiger partial charge in [-0.3, -0.25) is 9.36 Å². The van der Waals surface area contributed by atoms with Crippen LogP contribution in [-0.2, 0) is 17.8 Å². The molecule has 0 aliphatic heterocycles. The van der Waals surface area contributed by atoms with E-state index in [9.17, 15) is 4.79 Å². The minimum atomic E-state index is -1.03. The van der Waals surface area contributed by atoms with Crippen molar-refractivity contribution in [3.63, 3.8) is 0 Å². The number of para-hydroxylation sites is 1. The van der Waals surface area contributed by atoms with Crippen LogP contribution in [-0.4, -0.2) is 35.9 Å². The van der Waals surface area contributed by atoms with Crippen LogP contribution in [0.3, 0.4) is 0 Å². The van der Waals surface area contributed by atoms with E-state index in [4.69, 9.17) is 10.2 Å². The van der Waals surface area contributed by atoms with Gasteiger partial charge >= 0.3 is 0 Å². The summed E-state index contributed by atoms with van der Waals surface area (Å²) < 4.78 is 7.29. The van der Waals surface area contributed by atoms with Gasteiger partial charge < -0.3 is 20.5 Å². The van der Waals surface area contributed by atoms with Gasteiger partial charge in [-0.25, -0.2) is 0 Å². The Morgan fingerprint density at radius 3 is 2.65 bits per heavy atom. The number of carbonyl (C=O) groups excluding carboxylic acids is 1. The molecule has 1 amide bonds. The van der Waals surface area contributed by atoms with Crippen molar-refractivity contribution in [3.05, 3.63) is 66.0 Å². The van der Waals surface area contributed by atoms with Crippen LogP contribution in [0.2, 0.25) is 0 Å². The topological polar surface area (TPSA) is 115 Å². The number of thioether (sulfide) groups is 1. The summed E-state index contributed by atoms with van der Waals surface area (Å²) in [5.41, 5.74) is 8.22. The molecule has 0 aliphatic carbocycles. The predicted molar refractivity (Wildman–Crippen MR) is 135 cm³/mol. The highest BCUT2D eigenvalue weighted by Gasteiger charge is 2.30. The summed E-state index contributed by atoms with van der Waals surface area (Å²) in [5, 5.41) is 14.1. The van der Waals surface area contributed by atoms with E-state index in [-0.39, 0.29) is 10.7 Å². The molecule has 34 heavy (non-hydrogen) atoms. The van der Waals surface area contributed by atoms with E-state index in [0.29, 0.717) is 18.8 Å². The number of aromatic amines is 1. The van der Waals surface area contributed by atoms with E-state index >= 15 is 0 Å². The summed E-state index contributed by atoms with van der Waals surface area (Å²) in [4.78, 5) is 16.3. The molecular weight excluding hydrogens is 448 g/mol. The SMILES string of the molecule is CC(C)(C)Sc1nnc(C(Cc2c[nH]c3ccccc23)NC(=O)C(C)(C)N)n1Cc1ccoc1. The van der Waals surface area contributed by atoms with E-state index in [1.165, 1.54) is 0 Å². The smallest absolute Gasteiger partial charge is 0.240 e. The van der Waals surface area contributed by atoms with Gasteiger partial charge in [-0.05, 0) is 31.5 Å². The Balaban J connectivity index is 1.77. The van der Waals surface area contributed by atoms with Crippen LogP contribution in [0, 0.1) is 0 Å². The Morgan fingerprint density at radius 1 is 1.21 bits per heavy atom. The average Bonchev–Trinajstić information content (AvgIpc) is 3.48. The number of nitrogens with zero attached hydrogens (tertiary/aromatic N) is 3. The van der Waals surface area contributed by atoms with Gasteiger partial charge in [0.1, 0.15) is 0 Å². The minimum absolute atomic E-state index is 0.0622. The molecule has 4 aromatic rings. The fourth-order valence-corrected chi connectivity index (χ4v) is 4.59. The van der Waals surface area contributed by atoms with E-state index in [2.05, 4.69) is 51.9 Å². The highest BCUT2D eigenvalue weighted by atomic mass is 32.2. The summed E-state index contributed by atoms with van der Waals surface area (Å²) >= 11 is 1.64. The molecule has 1 aromatic carbocycles. The van der Waals surface area contributed by atoms with Crippen molar-refractivity contribution in [2.45, 2.75) is 69.1 Å². The number of hydrogen-bond acceptors (Lipinski definition) is 6. The molecule has 0 fully saturated rings. The number of fused-ring (bicyclic) bond motifs is 1. The summed E-state index contributed by atoms with van der Waals surface area (Å²) in [5.74, 6) is 0.427. The summed E-state index contributed by atoms with van der Waals surface area (Å²) in [6, 6.07) is 9.61. The zero-order chi connectivity index (χ0) is 24.5. The van der Waals surface area contributed by atoms with E-state index < -0.39 is 11.6 Å². The van der Waals surface area contributed by atoms with Crippen LogP contribution in [0.15, 0.2) is 58.6 Å². The first kappa shape index (κ1) is 24.1. The Hall–Kier alpha value is -3.04. The maximum absolute atomic E-state index is 13.0. The van der Waals surface area contributed by atoms with Gasteiger partial charge in [0.15, 0.2) is 11.0 Å². The van der Waals surface area contributed by atoms with Crippen LogP contribution in [0.25, 0.3) is 10.9 Å². The number of hydrogen-bond donors (Lipinski definition) is 3. The third-order valence-electron chi connectivity index (χ3n) is 5.36. The third kappa shape index (κ3) is 5.53. The molecule has 3 aromatic heterocycles. The van der Waals surface area contributed by atoms with Crippen LogP contribution in [0.5, 0.6) is 0 Å². The molecular formula is C25H32N6O2S. The fourth-order valence-electron chi connectivity index (χ4n) is 3.69. The number of rotatable bonds is 8. The van der Waals surface area contributed by atoms with Gasteiger partial charge in [0, 0.05) is 33.8 Å². The number of nitrogens with two attached hydrogens (primary N) is 1. The molecule has 4 N–H and O–H groups in total. The van der Waals surface area contributed by atoms with Crippen molar-refractivity contribution < 1.29 is 9.21 Å². The maximum atomic E-state index is 13.0. The molecule has 0 aliphatic rings. The lowest BCUT2D eigenvalue weighted by Crippen LogP contribution is -2.50. The number of carbonyl (C=O) groups is 1. The van der Waals surface area contributed by atoms with E-state index in [1.807, 2.05) is 30.5 Å². The van der Waals surface area contributed by atoms with E-state index in [0.717, 1.165) is 27.2 Å². The van der Waals surface area contributed by atoms with Crippen molar-refractivity contribution in [1.82, 2.24) is 25.1 Å². The molecule has 0 bridgehead atoms. The van der Waals surface area contributed by atoms with Crippen molar-refractivity contribution in [3.8, 4) is 0 Å². The summed E-state index contributed by atoms with van der Waals surface area (Å²) in [6.07, 6.45) is 5.89. The van der Waals surface area contributed by atoms with Crippen molar-refractivity contribution in [2.75, 3.05) is 0 Å². The van der Waals surface area contributed by atoms with Crippen molar-refractivity contribution in [1.29, 1.82) is 0 Å². The zero-order valence-corrected chi connectivity index (χ0v) is 21.1. The Bertz CT molecular complexity index is 1260. The van der Waals surface area contributed by atoms with Crippen molar-refractivity contribution >= 4 is 28.6 Å². The quantitative estimate of drug-likeness (QED) is 0.322. The molecule has 0 radical (unpaired) electrons. The zero-order valence-electron chi connectivity index (χ0n) is 20.3. The second kappa shape index (κ2) is 9.31. The van der Waals surface area contributed by atoms with Crippen LogP contribution >= 0.6 is 11.8 Å². The molecule has 180 valence electrons. The monoisotopic (exact) mass is 480 g/mol. The highest BCUT2D eigenvalue weighted by molar-refractivity contribution is 8.00. The lowest BCUT2D eigenvalue weighted by atomic mass is 10.0. The molecule has 3 heterocycles. The van der Waals surface area contributed by atoms with Gasteiger partial charge in [-0.1, -0.05) is 50.7 Å². The largest absolute Gasteiger partial charge is 0.472 e. The first-order valence-electron chi connectivity index (χ1n) is 11.3. The van der Waals surface area contributed by atoms with Gasteiger partial charge in [-0.2, -0.15) is 0 Å². The Labute approximate surface area is 203 Å². The minimum Gasteiger partial charge on any atom is -0.472 e. The van der Waals surface area contributed by atoms with Crippen LogP contribution in [0.1, 0.15) is 57.6 Å². The summed E-state index contributed by atoms with van der Waals surface area (Å²) in [7, 11) is 0. The third-order valence-corrected chi connectivity index (χ3v) is 6.46. The van der Waals surface area contributed by atoms with Crippen LogP contribution in [0.4, 0.5) is 0 Å². The molecule has 1 unspecified atom stereocenters. The predicted octanol–water partition coefficient (Wildman–Crippen LogP) is 4.43. The number of aromatic nitrogens is 4. The van der Waals surface area contributed by atoms with Gasteiger partial charge in [0.2, 0.25) is 5.91 Å². The first-order chi connectivity index (χ1) is 16.0. The van der Waals surface area contributed by atoms with E-state index in [1.54, 1.807) is 38.1 Å². The van der Waals surface area contributed by atoms with Crippen LogP contribution < -0.4 is 11.1 Å². The van der Waals surface area contributed by atoms with Gasteiger partial charge in [0.25, 0.3) is 0 Å². The molecule has 9 heteroatoms. The normalized spacial score (nSPS) is 13.4. The highest BCUT2D eigenvalue weighted by Crippen LogP contribution is 2.33. The average molecular weight is 481 g/mol. The number of benzene rings is 1. The number of nitrogens with one attached hydrogen (secondary N) is 2. The first-order valence-corrected chi connectivity index (χ1v) is 12.1. The second-order valence-corrected chi connectivity index (χ2v) is 11.9.